The van der Waals surface area contributed by atoms with Crippen LogP contribution in [-0.4, -0.2) is 13.3 Å². The fraction of sp³-hybridized carbons (Fsp3) is 0.217. The summed E-state index contributed by atoms with van der Waals surface area (Å²) in [5, 5.41) is 4.31. The normalized spacial score (nSPS) is 13.0. The van der Waals surface area contributed by atoms with Crippen LogP contribution in [0.2, 0.25) is 5.02 Å². The predicted octanol–water partition coefficient (Wildman–Crippen LogP) is 5.80. The van der Waals surface area contributed by atoms with Gasteiger partial charge in [0, 0.05) is 17.5 Å². The molecule has 5 heteroatoms. The largest absolute Gasteiger partial charge is 0.454 e. The lowest BCUT2D eigenvalue weighted by Crippen LogP contribution is -2.17. The predicted molar refractivity (Wildman–Crippen MR) is 116 cm³/mol. The fourth-order valence-electron chi connectivity index (χ4n) is 3.42. The average molecular weight is 416 g/mol. The molecule has 146 valence electrons. The molecule has 0 saturated carbocycles. The second-order valence-electron chi connectivity index (χ2n) is 6.67. The van der Waals surface area contributed by atoms with E-state index < -0.39 is 0 Å². The molecule has 0 amide bonds. The summed E-state index contributed by atoms with van der Waals surface area (Å²) >= 11 is 5.95. The number of fused-ring (bicyclic) bond motifs is 1. The van der Waals surface area contributed by atoms with E-state index in [2.05, 4.69) is 59.9 Å². The van der Waals surface area contributed by atoms with Crippen molar-refractivity contribution >= 4 is 24.0 Å². The first-order valence-electron chi connectivity index (χ1n) is 9.19. The number of benzene rings is 3. The SMILES string of the molecule is Cl.Clc1ccc(CNCCC(c2ccccc2)c2ccc3c(c2)OCO3)cc1. The van der Waals surface area contributed by atoms with Crippen LogP contribution in [0.25, 0.3) is 0 Å². The van der Waals surface area contributed by atoms with Crippen LogP contribution in [0.5, 0.6) is 11.5 Å². The second-order valence-corrected chi connectivity index (χ2v) is 7.10. The van der Waals surface area contributed by atoms with E-state index in [1.807, 2.05) is 18.2 Å². The summed E-state index contributed by atoms with van der Waals surface area (Å²) < 4.78 is 11.0. The Morgan fingerprint density at radius 1 is 0.857 bits per heavy atom. The molecular weight excluding hydrogens is 393 g/mol. The smallest absolute Gasteiger partial charge is 0.231 e. The number of hydrogen-bond acceptors (Lipinski definition) is 3. The van der Waals surface area contributed by atoms with Crippen molar-refractivity contribution in [2.75, 3.05) is 13.3 Å². The lowest BCUT2D eigenvalue weighted by atomic mass is 9.88. The van der Waals surface area contributed by atoms with Crippen molar-refractivity contribution < 1.29 is 9.47 Å². The first kappa shape index (κ1) is 20.5. The van der Waals surface area contributed by atoms with E-state index >= 15 is 0 Å². The van der Waals surface area contributed by atoms with Crippen LogP contribution in [0.1, 0.15) is 29.0 Å². The van der Waals surface area contributed by atoms with Gasteiger partial charge in [-0.25, -0.2) is 0 Å². The number of hydrogen-bond donors (Lipinski definition) is 1. The highest BCUT2D eigenvalue weighted by Gasteiger charge is 2.19. The third-order valence-corrected chi connectivity index (χ3v) is 5.11. The van der Waals surface area contributed by atoms with Crippen LogP contribution in [0.4, 0.5) is 0 Å². The summed E-state index contributed by atoms with van der Waals surface area (Å²) in [6, 6.07) is 24.9. The Bertz CT molecular complexity index is 885. The summed E-state index contributed by atoms with van der Waals surface area (Å²) in [5.41, 5.74) is 3.79. The lowest BCUT2D eigenvalue weighted by Gasteiger charge is -2.19. The van der Waals surface area contributed by atoms with Gasteiger partial charge in [0.2, 0.25) is 6.79 Å². The van der Waals surface area contributed by atoms with E-state index in [0.29, 0.717) is 12.7 Å². The number of rotatable bonds is 7. The van der Waals surface area contributed by atoms with Gasteiger partial charge in [0.1, 0.15) is 0 Å². The molecular formula is C23H23Cl2NO2. The Kier molecular flexibility index (Phi) is 7.21. The van der Waals surface area contributed by atoms with Crippen molar-refractivity contribution in [1.29, 1.82) is 0 Å². The standard InChI is InChI=1S/C23H22ClNO2.ClH/c24-20-9-6-17(7-10-20)15-25-13-12-21(18-4-2-1-3-5-18)19-8-11-22-23(14-19)27-16-26-22;/h1-11,14,21,25H,12-13,15-16H2;1H. The fourth-order valence-corrected chi connectivity index (χ4v) is 3.55. The minimum Gasteiger partial charge on any atom is -0.454 e. The number of halogens is 2. The molecule has 1 N–H and O–H groups in total. The maximum atomic E-state index is 5.95. The minimum absolute atomic E-state index is 0. The van der Waals surface area contributed by atoms with Crippen LogP contribution >= 0.6 is 24.0 Å². The quantitative estimate of drug-likeness (QED) is 0.494. The Hall–Kier alpha value is -2.20. The van der Waals surface area contributed by atoms with Crippen LogP contribution in [0.15, 0.2) is 72.8 Å². The highest BCUT2D eigenvalue weighted by Crippen LogP contribution is 2.37. The molecule has 3 nitrogen and oxygen atoms in total. The van der Waals surface area contributed by atoms with Crippen molar-refractivity contribution in [2.45, 2.75) is 18.9 Å². The first-order chi connectivity index (χ1) is 13.3. The zero-order chi connectivity index (χ0) is 18.5. The maximum absolute atomic E-state index is 5.95. The molecule has 1 unspecified atom stereocenters. The van der Waals surface area contributed by atoms with Crippen molar-refractivity contribution in [2.24, 2.45) is 0 Å². The van der Waals surface area contributed by atoms with E-state index in [4.69, 9.17) is 21.1 Å². The summed E-state index contributed by atoms with van der Waals surface area (Å²) in [5.74, 6) is 1.97. The Morgan fingerprint density at radius 2 is 1.61 bits per heavy atom. The molecule has 0 fully saturated rings. The molecule has 1 aliphatic heterocycles. The van der Waals surface area contributed by atoms with Crippen molar-refractivity contribution in [3.05, 3.63) is 94.5 Å². The van der Waals surface area contributed by atoms with Gasteiger partial charge in [-0.3, -0.25) is 0 Å². The van der Waals surface area contributed by atoms with Gasteiger partial charge in [0.25, 0.3) is 0 Å². The van der Waals surface area contributed by atoms with Gasteiger partial charge in [-0.05, 0) is 53.9 Å². The summed E-state index contributed by atoms with van der Waals surface area (Å²) in [4.78, 5) is 0. The summed E-state index contributed by atoms with van der Waals surface area (Å²) in [7, 11) is 0. The van der Waals surface area contributed by atoms with Gasteiger partial charge in [0.05, 0.1) is 0 Å². The van der Waals surface area contributed by atoms with Crippen LogP contribution in [-0.2, 0) is 6.54 Å². The molecule has 0 aliphatic carbocycles. The molecule has 1 aliphatic rings. The van der Waals surface area contributed by atoms with E-state index in [-0.39, 0.29) is 12.4 Å². The monoisotopic (exact) mass is 415 g/mol. The zero-order valence-electron chi connectivity index (χ0n) is 15.4. The Morgan fingerprint density at radius 3 is 2.39 bits per heavy atom. The molecule has 1 heterocycles. The first-order valence-corrected chi connectivity index (χ1v) is 9.57. The Labute approximate surface area is 177 Å². The molecule has 1 atom stereocenters. The summed E-state index contributed by atoms with van der Waals surface area (Å²) in [6.45, 7) is 2.05. The molecule has 0 aromatic heterocycles. The molecule has 3 aromatic rings. The van der Waals surface area contributed by atoms with Gasteiger partial charge >= 0.3 is 0 Å². The zero-order valence-corrected chi connectivity index (χ0v) is 17.0. The molecule has 4 rings (SSSR count). The maximum Gasteiger partial charge on any atom is 0.231 e. The van der Waals surface area contributed by atoms with E-state index in [1.54, 1.807) is 0 Å². The van der Waals surface area contributed by atoms with Crippen molar-refractivity contribution in [3.8, 4) is 11.5 Å². The molecule has 0 radical (unpaired) electrons. The topological polar surface area (TPSA) is 30.5 Å². The highest BCUT2D eigenvalue weighted by atomic mass is 35.5. The van der Waals surface area contributed by atoms with E-state index in [1.165, 1.54) is 16.7 Å². The van der Waals surface area contributed by atoms with Gasteiger partial charge < -0.3 is 14.8 Å². The molecule has 0 saturated heterocycles. The van der Waals surface area contributed by atoms with Gasteiger partial charge in [-0.2, -0.15) is 0 Å². The van der Waals surface area contributed by atoms with E-state index in [0.717, 1.165) is 36.0 Å². The van der Waals surface area contributed by atoms with Crippen LogP contribution in [0, 0.1) is 0 Å². The number of ether oxygens (including phenoxy) is 2. The third-order valence-electron chi connectivity index (χ3n) is 4.85. The van der Waals surface area contributed by atoms with Crippen molar-refractivity contribution in [1.82, 2.24) is 5.32 Å². The van der Waals surface area contributed by atoms with Gasteiger partial charge in [-0.15, -0.1) is 12.4 Å². The molecule has 0 bridgehead atoms. The summed E-state index contributed by atoms with van der Waals surface area (Å²) in [6.07, 6.45) is 0.997. The highest BCUT2D eigenvalue weighted by molar-refractivity contribution is 6.30. The second kappa shape index (κ2) is 9.83. The van der Waals surface area contributed by atoms with E-state index in [9.17, 15) is 0 Å². The molecule has 0 spiro atoms. The lowest BCUT2D eigenvalue weighted by molar-refractivity contribution is 0.174. The van der Waals surface area contributed by atoms with Crippen LogP contribution in [0.3, 0.4) is 0 Å². The number of nitrogens with one attached hydrogen (secondary N) is 1. The van der Waals surface area contributed by atoms with Gasteiger partial charge in [-0.1, -0.05) is 60.1 Å². The Balaban J connectivity index is 0.00000225. The van der Waals surface area contributed by atoms with Crippen LogP contribution < -0.4 is 14.8 Å². The van der Waals surface area contributed by atoms with Gasteiger partial charge in [0.15, 0.2) is 11.5 Å². The molecule has 28 heavy (non-hydrogen) atoms. The third kappa shape index (κ3) is 4.99. The molecule has 3 aromatic carbocycles. The van der Waals surface area contributed by atoms with Crippen molar-refractivity contribution in [3.63, 3.8) is 0 Å². The minimum atomic E-state index is 0. The average Bonchev–Trinajstić information content (AvgIpc) is 3.18.